The first kappa shape index (κ1) is 11.4. The molecule has 2 bridgehead atoms. The van der Waals surface area contributed by atoms with Gasteiger partial charge in [-0.05, 0) is 24.7 Å². The van der Waals surface area contributed by atoms with E-state index in [9.17, 15) is 0 Å². The predicted molar refractivity (Wildman–Crippen MR) is 63.2 cm³/mol. The van der Waals surface area contributed by atoms with Gasteiger partial charge in [0.25, 0.3) is 0 Å². The fraction of sp³-hybridized carbons (Fsp3) is 0.727. The molecule has 3 rings (SSSR count). The number of rotatable bonds is 1. The average Bonchev–Trinajstić information content (AvgIpc) is 2.27. The molecule has 0 aromatic heterocycles. The van der Waals surface area contributed by atoms with Crippen molar-refractivity contribution in [2.45, 2.75) is 19.9 Å². The van der Waals surface area contributed by atoms with Gasteiger partial charge >= 0.3 is 6.02 Å². The Balaban J connectivity index is 2.06. The minimum absolute atomic E-state index is 0.329. The number of nitrogens with two attached hydrogens (primary N) is 2. The second kappa shape index (κ2) is 4.07. The van der Waals surface area contributed by atoms with E-state index < -0.39 is 0 Å². The minimum atomic E-state index is 0.329. The van der Waals surface area contributed by atoms with E-state index in [1.165, 1.54) is 0 Å². The van der Waals surface area contributed by atoms with Crippen LogP contribution in [0.4, 0.5) is 0 Å². The molecule has 1 aliphatic carbocycles. The van der Waals surface area contributed by atoms with Gasteiger partial charge in [0.1, 0.15) is 0 Å². The van der Waals surface area contributed by atoms with Crippen molar-refractivity contribution in [3.8, 4) is 0 Å². The van der Waals surface area contributed by atoms with Crippen LogP contribution in [-0.2, 0) is 4.84 Å². The van der Waals surface area contributed by atoms with E-state index in [4.69, 9.17) is 16.5 Å². The van der Waals surface area contributed by atoms with Crippen LogP contribution >= 0.6 is 0 Å². The molecule has 0 aromatic carbocycles. The van der Waals surface area contributed by atoms with Gasteiger partial charge in [-0.3, -0.25) is 0 Å². The van der Waals surface area contributed by atoms with Crippen LogP contribution in [-0.4, -0.2) is 30.1 Å². The number of amidine groups is 1. The van der Waals surface area contributed by atoms with Gasteiger partial charge in [0, 0.05) is 24.8 Å². The molecule has 16 heavy (non-hydrogen) atoms. The predicted octanol–water partition coefficient (Wildman–Crippen LogP) is 0.291. The van der Waals surface area contributed by atoms with Crippen LogP contribution in [0.3, 0.4) is 0 Å². The third-order valence-corrected chi connectivity index (χ3v) is 3.86. The maximum Gasteiger partial charge on any atom is 0.311 e. The molecule has 2 saturated heterocycles. The van der Waals surface area contributed by atoms with Gasteiger partial charge in [-0.15, -0.1) is 0 Å². The lowest BCUT2D eigenvalue weighted by atomic mass is 9.59. The van der Waals surface area contributed by atoms with Gasteiger partial charge in [-0.2, -0.15) is 5.90 Å². The van der Waals surface area contributed by atoms with Gasteiger partial charge in [0.05, 0.1) is 0 Å². The first-order chi connectivity index (χ1) is 7.54. The Bertz CT molecular complexity index is 304. The second-order valence-electron chi connectivity index (χ2n) is 4.92. The van der Waals surface area contributed by atoms with Crippen molar-refractivity contribution in [3.63, 3.8) is 0 Å². The smallest absolute Gasteiger partial charge is 0.311 e. The quantitative estimate of drug-likeness (QED) is 0.381. The lowest BCUT2D eigenvalue weighted by Crippen LogP contribution is -2.68. The summed E-state index contributed by atoms with van der Waals surface area (Å²) in [5, 5.41) is 0. The van der Waals surface area contributed by atoms with Crippen molar-refractivity contribution in [1.82, 2.24) is 4.90 Å². The van der Waals surface area contributed by atoms with E-state index >= 15 is 0 Å². The van der Waals surface area contributed by atoms with Gasteiger partial charge in [0.15, 0.2) is 0 Å². The summed E-state index contributed by atoms with van der Waals surface area (Å²) >= 11 is 0. The zero-order valence-electron chi connectivity index (χ0n) is 9.89. The van der Waals surface area contributed by atoms with Crippen LogP contribution in [0.15, 0.2) is 17.3 Å². The molecule has 2 unspecified atom stereocenters. The molecule has 3 fully saturated rings. The van der Waals surface area contributed by atoms with Crippen LogP contribution in [0.2, 0.25) is 0 Å². The highest BCUT2D eigenvalue weighted by Gasteiger charge is 2.51. The van der Waals surface area contributed by atoms with E-state index in [-0.39, 0.29) is 0 Å². The first-order valence-corrected chi connectivity index (χ1v) is 5.66. The van der Waals surface area contributed by atoms with Gasteiger partial charge in [-0.25, -0.2) is 4.99 Å². The second-order valence-corrected chi connectivity index (χ2v) is 4.92. The Morgan fingerprint density at radius 3 is 2.38 bits per heavy atom. The third kappa shape index (κ3) is 1.70. The molecule has 90 valence electrons. The van der Waals surface area contributed by atoms with Gasteiger partial charge in [0.2, 0.25) is 0 Å². The van der Waals surface area contributed by atoms with E-state index in [1.54, 1.807) is 0 Å². The highest BCUT2D eigenvalue weighted by molar-refractivity contribution is 5.75. The molecule has 0 aromatic rings. The molecular formula is C11H20N4O. The summed E-state index contributed by atoms with van der Waals surface area (Å²) in [6.45, 7) is 9.55. The lowest BCUT2D eigenvalue weighted by Gasteiger charge is -2.57. The van der Waals surface area contributed by atoms with Crippen LogP contribution in [0.5, 0.6) is 0 Å². The fourth-order valence-corrected chi connectivity index (χ4v) is 2.84. The average molecular weight is 224 g/mol. The molecule has 1 saturated carbocycles. The maximum absolute atomic E-state index is 6.07. The number of nitrogens with zero attached hydrogens (tertiary/aromatic N) is 2. The van der Waals surface area contributed by atoms with E-state index in [0.717, 1.165) is 13.1 Å². The maximum atomic E-state index is 6.07. The SMILES string of the molecule is C=C(C)N=C(ON)N1C[C@@H]2C(C)[C@H](C1)C2N. The molecule has 5 heteroatoms. The Morgan fingerprint density at radius 1 is 1.44 bits per heavy atom. The van der Waals surface area contributed by atoms with Crippen LogP contribution in [0, 0.1) is 17.8 Å². The van der Waals surface area contributed by atoms with Crippen molar-refractivity contribution in [2.75, 3.05) is 13.1 Å². The van der Waals surface area contributed by atoms with Crippen LogP contribution in [0.25, 0.3) is 0 Å². The largest absolute Gasteiger partial charge is 0.373 e. The number of allylic oxidation sites excluding steroid dienone is 1. The van der Waals surface area contributed by atoms with Crippen LogP contribution < -0.4 is 11.6 Å². The van der Waals surface area contributed by atoms with Crippen molar-refractivity contribution in [3.05, 3.63) is 12.3 Å². The monoisotopic (exact) mass is 224 g/mol. The minimum Gasteiger partial charge on any atom is -0.373 e. The number of fused-ring (bicyclic) bond motifs is 2. The fourth-order valence-electron chi connectivity index (χ4n) is 2.84. The summed E-state index contributed by atoms with van der Waals surface area (Å²) in [5.74, 6) is 7.00. The summed E-state index contributed by atoms with van der Waals surface area (Å²) in [5.41, 5.74) is 6.76. The number of hydrogen-bond donors (Lipinski definition) is 2. The number of aliphatic imine (C=N–C) groups is 1. The molecular weight excluding hydrogens is 204 g/mol. The molecule has 2 heterocycles. The third-order valence-electron chi connectivity index (χ3n) is 3.86. The van der Waals surface area contributed by atoms with Crippen molar-refractivity contribution in [2.24, 2.45) is 34.4 Å². The summed E-state index contributed by atoms with van der Waals surface area (Å²) in [6, 6.07) is 0.788. The molecule has 0 radical (unpaired) electrons. The molecule has 0 spiro atoms. The summed E-state index contributed by atoms with van der Waals surface area (Å²) < 4.78 is 0. The van der Waals surface area contributed by atoms with Gasteiger partial charge < -0.3 is 15.5 Å². The summed E-state index contributed by atoms with van der Waals surface area (Å²) in [6.07, 6.45) is 0. The van der Waals surface area contributed by atoms with Gasteiger partial charge in [-0.1, -0.05) is 13.5 Å². The molecule has 4 atom stereocenters. The Labute approximate surface area is 96.1 Å². The van der Waals surface area contributed by atoms with E-state index in [2.05, 4.69) is 23.4 Å². The number of hydrogen-bond acceptors (Lipinski definition) is 4. The van der Waals surface area contributed by atoms with E-state index in [1.807, 2.05) is 6.92 Å². The molecule has 3 aliphatic rings. The Kier molecular flexibility index (Phi) is 2.90. The van der Waals surface area contributed by atoms with Crippen molar-refractivity contribution < 1.29 is 4.84 Å². The van der Waals surface area contributed by atoms with E-state index in [0.29, 0.717) is 35.5 Å². The standard InChI is InChI=1S/C11H20N4O/c1-6(2)14-11(16-13)15-4-8-7(3)9(5-15)10(8)12/h7-10H,1,4-5,12-13H2,2-3H3/t7?,8-,9+,10?. The van der Waals surface area contributed by atoms with Crippen molar-refractivity contribution in [1.29, 1.82) is 0 Å². The van der Waals surface area contributed by atoms with Crippen molar-refractivity contribution >= 4 is 6.02 Å². The topological polar surface area (TPSA) is 76.9 Å². The molecule has 0 amide bonds. The zero-order chi connectivity index (χ0) is 11.9. The lowest BCUT2D eigenvalue weighted by molar-refractivity contribution is -0.0380. The highest BCUT2D eigenvalue weighted by atomic mass is 16.6. The highest BCUT2D eigenvalue weighted by Crippen LogP contribution is 2.44. The summed E-state index contributed by atoms with van der Waals surface area (Å²) in [7, 11) is 0. The normalized spacial score (nSPS) is 38.0. The molecule has 5 nitrogen and oxygen atoms in total. The molecule has 4 N–H and O–H groups in total. The Hall–Kier alpha value is -1.07. The van der Waals surface area contributed by atoms with Crippen LogP contribution in [0.1, 0.15) is 13.8 Å². The zero-order valence-corrected chi connectivity index (χ0v) is 9.89. The molecule has 2 aliphatic heterocycles. The number of piperidine rings is 2. The first-order valence-electron chi connectivity index (χ1n) is 5.66. The summed E-state index contributed by atoms with van der Waals surface area (Å²) in [4.78, 5) is 11.1. The Morgan fingerprint density at radius 2 is 2.00 bits per heavy atom.